The van der Waals surface area contributed by atoms with E-state index >= 15 is 0 Å². The lowest BCUT2D eigenvalue weighted by Gasteiger charge is -2.12. The van der Waals surface area contributed by atoms with Gasteiger partial charge in [0, 0.05) is 4.88 Å². The van der Waals surface area contributed by atoms with Crippen molar-refractivity contribution in [3.05, 3.63) is 46.1 Å². The summed E-state index contributed by atoms with van der Waals surface area (Å²) >= 11 is 1.67. The van der Waals surface area contributed by atoms with Crippen molar-refractivity contribution in [1.29, 1.82) is 0 Å². The Morgan fingerprint density at radius 2 is 1.64 bits per heavy atom. The molecule has 0 spiro atoms. The highest BCUT2D eigenvalue weighted by molar-refractivity contribution is 7.18. The number of fused-ring (bicyclic) bond motifs is 3. The Bertz CT molecular complexity index is 1040. The van der Waals surface area contributed by atoms with Crippen molar-refractivity contribution in [1.82, 2.24) is 9.97 Å². The van der Waals surface area contributed by atoms with E-state index < -0.39 is 11.9 Å². The zero-order valence-corrected chi connectivity index (χ0v) is 16.3. The van der Waals surface area contributed by atoms with Crippen LogP contribution in [0.15, 0.2) is 24.5 Å². The van der Waals surface area contributed by atoms with Crippen molar-refractivity contribution in [3.63, 3.8) is 0 Å². The summed E-state index contributed by atoms with van der Waals surface area (Å²) in [5.74, 6) is -0.422. The lowest BCUT2D eigenvalue weighted by Crippen LogP contribution is -2.07. The molecule has 0 N–H and O–H groups in total. The van der Waals surface area contributed by atoms with Crippen LogP contribution < -0.4 is 4.74 Å². The number of esters is 2. The summed E-state index contributed by atoms with van der Waals surface area (Å²) in [6.07, 6.45) is 5.77. The van der Waals surface area contributed by atoms with Crippen LogP contribution in [0, 0.1) is 0 Å². The first-order valence-corrected chi connectivity index (χ1v) is 9.67. The number of methoxy groups -OCH3 is 2. The van der Waals surface area contributed by atoms with E-state index in [4.69, 9.17) is 14.2 Å². The third kappa shape index (κ3) is 3.31. The second-order valence-electron chi connectivity index (χ2n) is 6.40. The van der Waals surface area contributed by atoms with Crippen LogP contribution in [0.3, 0.4) is 0 Å². The molecule has 1 aromatic carbocycles. The average Bonchev–Trinajstić information content (AvgIpc) is 3.12. The first kappa shape index (κ1) is 18.4. The molecule has 0 fully saturated rings. The van der Waals surface area contributed by atoms with Crippen LogP contribution in [0.4, 0.5) is 0 Å². The molecule has 2 aromatic heterocycles. The van der Waals surface area contributed by atoms with Gasteiger partial charge in [-0.15, -0.1) is 11.3 Å². The van der Waals surface area contributed by atoms with Crippen molar-refractivity contribution in [2.45, 2.75) is 25.7 Å². The first-order chi connectivity index (χ1) is 13.6. The zero-order valence-electron chi connectivity index (χ0n) is 15.5. The van der Waals surface area contributed by atoms with Crippen LogP contribution in [0.1, 0.15) is 44.0 Å². The van der Waals surface area contributed by atoms with Gasteiger partial charge in [0.2, 0.25) is 5.88 Å². The molecular formula is C20H18N2O5S. The van der Waals surface area contributed by atoms with Gasteiger partial charge in [-0.05, 0) is 49.4 Å². The Morgan fingerprint density at radius 3 is 2.32 bits per heavy atom. The molecule has 2 heterocycles. The number of carbonyl (C=O) groups excluding carboxylic acids is 2. The van der Waals surface area contributed by atoms with Gasteiger partial charge in [-0.3, -0.25) is 0 Å². The molecule has 8 heteroatoms. The van der Waals surface area contributed by atoms with E-state index in [1.807, 2.05) is 0 Å². The normalized spacial score (nSPS) is 13.1. The maximum Gasteiger partial charge on any atom is 0.338 e. The largest absolute Gasteiger partial charge is 0.465 e. The van der Waals surface area contributed by atoms with Gasteiger partial charge in [-0.2, -0.15) is 0 Å². The number of rotatable bonds is 4. The van der Waals surface area contributed by atoms with Gasteiger partial charge in [0.25, 0.3) is 0 Å². The van der Waals surface area contributed by atoms with E-state index in [1.54, 1.807) is 11.3 Å². The standard InChI is InChI=1S/C20H18N2O5S/c1-25-19(23)11-7-12(20(24)26-2)9-13(8-11)27-17-16-14-5-3-4-6-15(14)28-18(16)22-10-21-17/h7-10H,3-6H2,1-2H3. The fourth-order valence-corrected chi connectivity index (χ4v) is 4.60. The second kappa shape index (κ2) is 7.55. The molecule has 0 radical (unpaired) electrons. The molecule has 0 saturated carbocycles. The minimum absolute atomic E-state index is 0.193. The van der Waals surface area contributed by atoms with Gasteiger partial charge in [-0.1, -0.05) is 0 Å². The van der Waals surface area contributed by atoms with E-state index in [0.29, 0.717) is 11.6 Å². The van der Waals surface area contributed by atoms with Crippen molar-refractivity contribution >= 4 is 33.5 Å². The van der Waals surface area contributed by atoms with Crippen LogP contribution in [0.5, 0.6) is 11.6 Å². The van der Waals surface area contributed by atoms with Crippen molar-refractivity contribution in [2.75, 3.05) is 14.2 Å². The number of aromatic nitrogens is 2. The number of ether oxygens (including phenoxy) is 3. The fourth-order valence-electron chi connectivity index (χ4n) is 3.38. The summed E-state index contributed by atoms with van der Waals surface area (Å²) in [7, 11) is 2.55. The summed E-state index contributed by atoms with van der Waals surface area (Å²) in [5.41, 5.74) is 1.62. The van der Waals surface area contributed by atoms with Crippen LogP contribution in [-0.4, -0.2) is 36.1 Å². The second-order valence-corrected chi connectivity index (χ2v) is 7.48. The highest BCUT2D eigenvalue weighted by Crippen LogP contribution is 2.40. The smallest absolute Gasteiger partial charge is 0.338 e. The molecule has 0 saturated heterocycles. The maximum absolute atomic E-state index is 12.0. The van der Waals surface area contributed by atoms with E-state index in [2.05, 4.69) is 9.97 Å². The summed E-state index contributed by atoms with van der Waals surface area (Å²) in [4.78, 5) is 34.9. The van der Waals surface area contributed by atoms with Crippen molar-refractivity contribution in [2.24, 2.45) is 0 Å². The molecule has 0 bridgehead atoms. The highest BCUT2D eigenvalue weighted by atomic mass is 32.1. The number of aryl methyl sites for hydroxylation is 2. The van der Waals surface area contributed by atoms with Crippen LogP contribution >= 0.6 is 11.3 Å². The number of hydrogen-bond donors (Lipinski definition) is 0. The SMILES string of the molecule is COC(=O)c1cc(Oc2ncnc3sc4c(c23)CCCC4)cc(C(=O)OC)c1. The molecule has 7 nitrogen and oxygen atoms in total. The quantitative estimate of drug-likeness (QED) is 0.615. The zero-order chi connectivity index (χ0) is 19.7. The lowest BCUT2D eigenvalue weighted by molar-refractivity contribution is 0.0598. The summed E-state index contributed by atoms with van der Waals surface area (Å²) in [6, 6.07) is 4.45. The summed E-state index contributed by atoms with van der Waals surface area (Å²) in [6.45, 7) is 0. The molecule has 144 valence electrons. The van der Waals surface area contributed by atoms with Crippen molar-refractivity contribution < 1.29 is 23.8 Å². The molecule has 1 aliphatic rings. The Morgan fingerprint density at radius 1 is 0.964 bits per heavy atom. The molecule has 0 amide bonds. The minimum atomic E-state index is -0.573. The van der Waals surface area contributed by atoms with E-state index in [-0.39, 0.29) is 11.1 Å². The highest BCUT2D eigenvalue weighted by Gasteiger charge is 2.22. The van der Waals surface area contributed by atoms with Gasteiger partial charge in [-0.25, -0.2) is 19.6 Å². The summed E-state index contributed by atoms with van der Waals surface area (Å²) < 4.78 is 15.6. The first-order valence-electron chi connectivity index (χ1n) is 8.85. The van der Waals surface area contributed by atoms with Gasteiger partial charge in [0.1, 0.15) is 16.9 Å². The molecular weight excluding hydrogens is 380 g/mol. The molecule has 4 rings (SSSR count). The van der Waals surface area contributed by atoms with Crippen molar-refractivity contribution in [3.8, 4) is 11.6 Å². The van der Waals surface area contributed by atoms with Crippen LogP contribution in [-0.2, 0) is 22.3 Å². The third-order valence-corrected chi connectivity index (χ3v) is 5.88. The topological polar surface area (TPSA) is 87.6 Å². The van der Waals surface area contributed by atoms with E-state index in [9.17, 15) is 9.59 Å². The minimum Gasteiger partial charge on any atom is -0.465 e. The fraction of sp³-hybridized carbons (Fsp3) is 0.300. The van der Waals surface area contributed by atoms with E-state index in [1.165, 1.54) is 55.6 Å². The number of thiophene rings is 1. The molecule has 3 aromatic rings. The summed E-state index contributed by atoms with van der Waals surface area (Å²) in [5, 5.41) is 0.908. The predicted molar refractivity (Wildman–Crippen MR) is 103 cm³/mol. The molecule has 0 atom stereocenters. The Balaban J connectivity index is 1.79. The number of nitrogens with zero attached hydrogens (tertiary/aromatic N) is 2. The van der Waals surface area contributed by atoms with E-state index in [0.717, 1.165) is 29.5 Å². The number of benzene rings is 1. The molecule has 0 aliphatic heterocycles. The van der Waals surface area contributed by atoms with Gasteiger partial charge >= 0.3 is 11.9 Å². The lowest BCUT2D eigenvalue weighted by atomic mass is 9.97. The monoisotopic (exact) mass is 398 g/mol. The number of carbonyl (C=O) groups is 2. The van der Waals surface area contributed by atoms with Gasteiger partial charge in [0.15, 0.2) is 0 Å². The van der Waals surface area contributed by atoms with Crippen LogP contribution in [0.25, 0.3) is 10.2 Å². The van der Waals surface area contributed by atoms with Gasteiger partial charge < -0.3 is 14.2 Å². The Labute approximate surface area is 165 Å². The van der Waals surface area contributed by atoms with Gasteiger partial charge in [0.05, 0.1) is 30.7 Å². The molecule has 0 unspecified atom stereocenters. The number of hydrogen-bond acceptors (Lipinski definition) is 8. The maximum atomic E-state index is 12.0. The van der Waals surface area contributed by atoms with Crippen LogP contribution in [0.2, 0.25) is 0 Å². The Hall–Kier alpha value is -3.00. The Kier molecular flexibility index (Phi) is 4.95. The third-order valence-electron chi connectivity index (χ3n) is 4.68. The average molecular weight is 398 g/mol. The molecule has 1 aliphatic carbocycles. The molecule has 28 heavy (non-hydrogen) atoms. The predicted octanol–water partition coefficient (Wildman–Crippen LogP) is 3.94.